The number of hydrogen-bond acceptors (Lipinski definition) is 6. The molecule has 2 N–H and O–H groups in total. The van der Waals surface area contributed by atoms with Crippen molar-refractivity contribution in [2.75, 3.05) is 19.5 Å². The minimum Gasteiger partial charge on any atom is -0.497 e. The van der Waals surface area contributed by atoms with Crippen molar-refractivity contribution in [3.05, 3.63) is 77.9 Å². The van der Waals surface area contributed by atoms with E-state index in [0.717, 1.165) is 5.56 Å². The van der Waals surface area contributed by atoms with Gasteiger partial charge in [-0.2, -0.15) is 0 Å². The van der Waals surface area contributed by atoms with Crippen molar-refractivity contribution in [3.8, 4) is 11.5 Å². The Morgan fingerprint density at radius 2 is 1.62 bits per heavy atom. The minimum absolute atomic E-state index is 0.242. The van der Waals surface area contributed by atoms with Gasteiger partial charge >= 0.3 is 0 Å². The molecule has 0 atom stereocenters. The van der Waals surface area contributed by atoms with Crippen molar-refractivity contribution in [1.29, 1.82) is 0 Å². The van der Waals surface area contributed by atoms with E-state index < -0.39 is 5.91 Å². The molecule has 1 aromatic carbocycles. The summed E-state index contributed by atoms with van der Waals surface area (Å²) in [5.41, 5.74) is 1.89. The Bertz CT molecular complexity index is 1010. The number of nitrogens with one attached hydrogen (secondary N) is 2. The van der Waals surface area contributed by atoms with Gasteiger partial charge < -0.3 is 20.1 Å². The van der Waals surface area contributed by atoms with Crippen LogP contribution in [-0.4, -0.2) is 36.0 Å². The zero-order valence-corrected chi connectivity index (χ0v) is 16.0. The first-order valence-electron chi connectivity index (χ1n) is 8.76. The second-order valence-corrected chi connectivity index (χ2v) is 6.02. The molecule has 8 nitrogen and oxygen atoms in total. The van der Waals surface area contributed by atoms with E-state index in [9.17, 15) is 9.59 Å². The van der Waals surface area contributed by atoms with E-state index in [0.29, 0.717) is 23.7 Å². The smallest absolute Gasteiger partial charge is 0.257 e. The van der Waals surface area contributed by atoms with Crippen LogP contribution >= 0.6 is 0 Å². The zero-order chi connectivity index (χ0) is 20.6. The average Bonchev–Trinajstić information content (AvgIpc) is 2.78. The first kappa shape index (κ1) is 19.8. The summed E-state index contributed by atoms with van der Waals surface area (Å²) < 4.78 is 10.4. The molecule has 0 fully saturated rings. The molecule has 3 rings (SSSR count). The number of amides is 2. The SMILES string of the molecule is COc1ccc(OC)c(NC(=O)c2cncc(C(=O)NCc3ccncc3)c2)c1. The van der Waals surface area contributed by atoms with Gasteiger partial charge in [0.2, 0.25) is 0 Å². The lowest BCUT2D eigenvalue weighted by Gasteiger charge is -2.12. The van der Waals surface area contributed by atoms with Crippen LogP contribution in [0.3, 0.4) is 0 Å². The van der Waals surface area contributed by atoms with E-state index in [1.54, 1.807) is 30.6 Å². The van der Waals surface area contributed by atoms with Crippen LogP contribution in [0.4, 0.5) is 5.69 Å². The number of carbonyl (C=O) groups excluding carboxylic acids is 2. The highest BCUT2D eigenvalue weighted by atomic mass is 16.5. The number of pyridine rings is 2. The molecule has 0 saturated heterocycles. The Hall–Kier alpha value is -3.94. The molecule has 2 aromatic heterocycles. The third kappa shape index (κ3) is 5.07. The number of nitrogens with zero attached hydrogens (tertiary/aromatic N) is 2. The van der Waals surface area contributed by atoms with E-state index in [4.69, 9.17) is 9.47 Å². The van der Waals surface area contributed by atoms with Gasteiger partial charge in [0, 0.05) is 37.4 Å². The lowest BCUT2D eigenvalue weighted by atomic mass is 10.1. The number of hydrogen-bond donors (Lipinski definition) is 2. The van der Waals surface area contributed by atoms with Gasteiger partial charge in [0.25, 0.3) is 11.8 Å². The van der Waals surface area contributed by atoms with Crippen molar-refractivity contribution in [2.24, 2.45) is 0 Å². The van der Waals surface area contributed by atoms with Crippen LogP contribution in [-0.2, 0) is 6.54 Å². The van der Waals surface area contributed by atoms with Gasteiger partial charge in [0.1, 0.15) is 11.5 Å². The molecule has 29 heavy (non-hydrogen) atoms. The second kappa shape index (κ2) is 9.32. The molecular formula is C21H20N4O4. The van der Waals surface area contributed by atoms with Crippen molar-refractivity contribution in [1.82, 2.24) is 15.3 Å². The standard InChI is InChI=1S/C21H20N4O4/c1-28-17-3-4-19(29-2)18(10-17)25-21(27)16-9-15(12-23-13-16)20(26)24-11-14-5-7-22-8-6-14/h3-10,12-13H,11H2,1-2H3,(H,24,26)(H,25,27). The van der Waals surface area contributed by atoms with Crippen molar-refractivity contribution >= 4 is 17.5 Å². The summed E-state index contributed by atoms with van der Waals surface area (Å²) in [4.78, 5) is 33.0. The van der Waals surface area contributed by atoms with Crippen LogP contribution in [0.1, 0.15) is 26.3 Å². The predicted octanol–water partition coefficient (Wildman–Crippen LogP) is 2.68. The maximum Gasteiger partial charge on any atom is 0.257 e. The molecule has 0 unspecified atom stereocenters. The molecule has 2 heterocycles. The molecule has 3 aromatic rings. The van der Waals surface area contributed by atoms with E-state index in [1.807, 2.05) is 12.1 Å². The summed E-state index contributed by atoms with van der Waals surface area (Å²) in [5.74, 6) is 0.303. The summed E-state index contributed by atoms with van der Waals surface area (Å²) in [7, 11) is 3.04. The number of carbonyl (C=O) groups is 2. The average molecular weight is 392 g/mol. The van der Waals surface area contributed by atoms with Crippen LogP contribution in [0.25, 0.3) is 0 Å². The van der Waals surface area contributed by atoms with Crippen LogP contribution < -0.4 is 20.1 Å². The second-order valence-electron chi connectivity index (χ2n) is 6.02. The molecule has 148 valence electrons. The van der Waals surface area contributed by atoms with E-state index in [2.05, 4.69) is 20.6 Å². The quantitative estimate of drug-likeness (QED) is 0.641. The Morgan fingerprint density at radius 1 is 0.897 bits per heavy atom. The topological polar surface area (TPSA) is 102 Å². The van der Waals surface area contributed by atoms with Gasteiger partial charge in [-0.3, -0.25) is 19.6 Å². The fourth-order valence-electron chi connectivity index (χ4n) is 2.58. The summed E-state index contributed by atoms with van der Waals surface area (Å²) in [6, 6.07) is 10.2. The van der Waals surface area contributed by atoms with Gasteiger partial charge in [-0.15, -0.1) is 0 Å². The Morgan fingerprint density at radius 3 is 2.31 bits per heavy atom. The normalized spacial score (nSPS) is 10.1. The maximum absolute atomic E-state index is 12.6. The van der Waals surface area contributed by atoms with E-state index in [-0.39, 0.29) is 17.0 Å². The molecule has 8 heteroatoms. The highest BCUT2D eigenvalue weighted by molar-refractivity contribution is 6.06. The van der Waals surface area contributed by atoms with Gasteiger partial charge in [-0.05, 0) is 35.9 Å². The summed E-state index contributed by atoms with van der Waals surface area (Å²) in [5, 5.41) is 5.54. The Balaban J connectivity index is 1.72. The van der Waals surface area contributed by atoms with Gasteiger partial charge in [-0.1, -0.05) is 0 Å². The first-order chi connectivity index (χ1) is 14.1. The lowest BCUT2D eigenvalue weighted by molar-refractivity contribution is 0.0950. The number of ether oxygens (including phenoxy) is 2. The number of benzene rings is 1. The largest absolute Gasteiger partial charge is 0.497 e. The third-order valence-corrected chi connectivity index (χ3v) is 4.12. The summed E-state index contributed by atoms with van der Waals surface area (Å²) >= 11 is 0. The lowest BCUT2D eigenvalue weighted by Crippen LogP contribution is -2.23. The summed E-state index contributed by atoms with van der Waals surface area (Å²) in [6.07, 6.45) is 6.11. The number of anilines is 1. The highest BCUT2D eigenvalue weighted by Crippen LogP contribution is 2.29. The minimum atomic E-state index is -0.423. The number of rotatable bonds is 7. The van der Waals surface area contributed by atoms with Crippen molar-refractivity contribution in [3.63, 3.8) is 0 Å². The van der Waals surface area contributed by atoms with E-state index in [1.165, 1.54) is 32.7 Å². The molecule has 2 amide bonds. The number of methoxy groups -OCH3 is 2. The van der Waals surface area contributed by atoms with Crippen molar-refractivity contribution in [2.45, 2.75) is 6.54 Å². The highest BCUT2D eigenvalue weighted by Gasteiger charge is 2.14. The van der Waals surface area contributed by atoms with Crippen LogP contribution in [0.5, 0.6) is 11.5 Å². The van der Waals surface area contributed by atoms with Crippen LogP contribution in [0.15, 0.2) is 61.2 Å². The molecule has 0 radical (unpaired) electrons. The monoisotopic (exact) mass is 392 g/mol. The molecule has 0 aliphatic heterocycles. The van der Waals surface area contributed by atoms with Crippen molar-refractivity contribution < 1.29 is 19.1 Å². The van der Waals surface area contributed by atoms with Gasteiger partial charge in [-0.25, -0.2) is 0 Å². The molecule has 0 bridgehead atoms. The molecule has 0 saturated carbocycles. The van der Waals surface area contributed by atoms with E-state index >= 15 is 0 Å². The summed E-state index contributed by atoms with van der Waals surface area (Å²) in [6.45, 7) is 0.346. The maximum atomic E-state index is 12.6. The van der Waals surface area contributed by atoms with Gasteiger partial charge in [0.05, 0.1) is 31.0 Å². The Kier molecular flexibility index (Phi) is 6.36. The Labute approximate surface area is 167 Å². The molecule has 0 aliphatic carbocycles. The third-order valence-electron chi connectivity index (χ3n) is 4.12. The predicted molar refractivity (Wildman–Crippen MR) is 107 cm³/mol. The fraction of sp³-hybridized carbons (Fsp3) is 0.143. The molecule has 0 spiro atoms. The first-order valence-corrected chi connectivity index (χ1v) is 8.76. The number of aromatic nitrogens is 2. The van der Waals surface area contributed by atoms with Crippen LogP contribution in [0.2, 0.25) is 0 Å². The molecular weight excluding hydrogens is 372 g/mol. The fourth-order valence-corrected chi connectivity index (χ4v) is 2.58. The zero-order valence-electron chi connectivity index (χ0n) is 16.0. The van der Waals surface area contributed by atoms with Crippen LogP contribution in [0, 0.1) is 0 Å². The van der Waals surface area contributed by atoms with Gasteiger partial charge in [0.15, 0.2) is 0 Å². The molecule has 0 aliphatic rings.